The summed E-state index contributed by atoms with van der Waals surface area (Å²) in [5, 5.41) is 0. The molecule has 0 fully saturated rings. The summed E-state index contributed by atoms with van der Waals surface area (Å²) in [6, 6.07) is 6.44. The Morgan fingerprint density at radius 1 is 0.727 bits per heavy atom. The van der Waals surface area contributed by atoms with Crippen molar-refractivity contribution < 1.29 is 38.2 Å². The number of esters is 3. The molecule has 0 aliphatic carbocycles. The average molecular weight is 465 g/mol. The van der Waals surface area contributed by atoms with Crippen LogP contribution in [-0.4, -0.2) is 63.6 Å². The number of carbonyl (C=O) groups is 5. The van der Waals surface area contributed by atoms with Crippen molar-refractivity contribution in [1.29, 1.82) is 0 Å². The lowest BCUT2D eigenvalue weighted by Gasteiger charge is -2.23. The standard InChI is InChI=1S/C23H32N2O8/c1-7-31-21(28)15(4)20(27)25(6)17-12-10-16(11-13-17)24(5)19(26)14-18(22(29)32-8-2)23(30)33-9-3/h10-13,15,18H,7-9,14H2,1-6H3. The maximum absolute atomic E-state index is 12.7. The third-order valence-corrected chi connectivity index (χ3v) is 4.86. The van der Waals surface area contributed by atoms with Crippen molar-refractivity contribution in [3.05, 3.63) is 24.3 Å². The van der Waals surface area contributed by atoms with Crippen LogP contribution in [0.1, 0.15) is 34.1 Å². The van der Waals surface area contributed by atoms with Crippen LogP contribution in [0.5, 0.6) is 0 Å². The van der Waals surface area contributed by atoms with Gasteiger partial charge in [-0.05, 0) is 52.0 Å². The lowest BCUT2D eigenvalue weighted by atomic mass is 10.0. The Morgan fingerprint density at radius 2 is 1.12 bits per heavy atom. The molecular formula is C23H32N2O8. The van der Waals surface area contributed by atoms with Crippen LogP contribution >= 0.6 is 0 Å². The molecule has 182 valence electrons. The third-order valence-electron chi connectivity index (χ3n) is 4.86. The Kier molecular flexibility index (Phi) is 11.0. The van der Waals surface area contributed by atoms with Gasteiger partial charge in [-0.25, -0.2) is 0 Å². The van der Waals surface area contributed by atoms with E-state index < -0.39 is 48.0 Å². The molecule has 10 heteroatoms. The fourth-order valence-corrected chi connectivity index (χ4v) is 2.89. The highest BCUT2D eigenvalue weighted by molar-refractivity contribution is 6.06. The number of amides is 2. The molecule has 0 spiro atoms. The van der Waals surface area contributed by atoms with E-state index in [1.54, 1.807) is 45.0 Å². The van der Waals surface area contributed by atoms with Crippen molar-refractivity contribution in [2.75, 3.05) is 43.7 Å². The first-order chi connectivity index (χ1) is 15.6. The topological polar surface area (TPSA) is 120 Å². The summed E-state index contributed by atoms with van der Waals surface area (Å²) in [4.78, 5) is 63.9. The van der Waals surface area contributed by atoms with Gasteiger partial charge in [-0.2, -0.15) is 0 Å². The van der Waals surface area contributed by atoms with Crippen molar-refractivity contribution >= 4 is 41.1 Å². The zero-order valence-electron chi connectivity index (χ0n) is 20.0. The molecule has 0 bridgehead atoms. The minimum atomic E-state index is -1.35. The second kappa shape index (κ2) is 13.2. The fraction of sp³-hybridized carbons (Fsp3) is 0.522. The highest BCUT2D eigenvalue weighted by atomic mass is 16.6. The van der Waals surface area contributed by atoms with E-state index in [1.165, 1.54) is 30.8 Å². The monoisotopic (exact) mass is 464 g/mol. The van der Waals surface area contributed by atoms with Gasteiger partial charge in [0, 0.05) is 25.5 Å². The van der Waals surface area contributed by atoms with Crippen molar-refractivity contribution in [2.24, 2.45) is 11.8 Å². The Morgan fingerprint density at radius 3 is 1.55 bits per heavy atom. The van der Waals surface area contributed by atoms with Gasteiger partial charge in [0.25, 0.3) is 0 Å². The fourth-order valence-electron chi connectivity index (χ4n) is 2.89. The van der Waals surface area contributed by atoms with Gasteiger partial charge >= 0.3 is 17.9 Å². The number of nitrogens with zero attached hydrogens (tertiary/aromatic N) is 2. The van der Waals surface area contributed by atoms with E-state index in [4.69, 9.17) is 14.2 Å². The number of hydrogen-bond donors (Lipinski definition) is 0. The van der Waals surface area contributed by atoms with Crippen LogP contribution in [0.15, 0.2) is 24.3 Å². The molecule has 1 rings (SSSR count). The van der Waals surface area contributed by atoms with Gasteiger partial charge in [-0.15, -0.1) is 0 Å². The molecule has 0 N–H and O–H groups in total. The third kappa shape index (κ3) is 7.58. The van der Waals surface area contributed by atoms with Crippen LogP contribution < -0.4 is 9.80 Å². The first kappa shape index (κ1) is 27.6. The zero-order valence-corrected chi connectivity index (χ0v) is 20.0. The van der Waals surface area contributed by atoms with Gasteiger partial charge in [-0.1, -0.05) is 0 Å². The second-order valence-electron chi connectivity index (χ2n) is 7.10. The Labute approximate surface area is 193 Å². The quantitative estimate of drug-likeness (QED) is 0.277. The highest BCUT2D eigenvalue weighted by Crippen LogP contribution is 2.22. The molecule has 1 atom stereocenters. The predicted molar refractivity (Wildman–Crippen MR) is 120 cm³/mol. The van der Waals surface area contributed by atoms with E-state index in [0.29, 0.717) is 11.4 Å². The van der Waals surface area contributed by atoms with Crippen LogP contribution in [0.25, 0.3) is 0 Å². The number of benzene rings is 1. The Balaban J connectivity index is 2.92. The molecule has 0 aromatic heterocycles. The number of anilines is 2. The van der Waals surface area contributed by atoms with Crippen molar-refractivity contribution in [3.63, 3.8) is 0 Å². The van der Waals surface area contributed by atoms with Gasteiger partial charge in [0.15, 0.2) is 5.92 Å². The summed E-state index contributed by atoms with van der Waals surface area (Å²) in [6.07, 6.45) is -0.411. The minimum absolute atomic E-state index is 0.0707. The summed E-state index contributed by atoms with van der Waals surface area (Å²) < 4.78 is 14.7. The number of carbonyl (C=O) groups excluding carboxylic acids is 5. The molecule has 1 aromatic rings. The maximum Gasteiger partial charge on any atom is 0.320 e. The largest absolute Gasteiger partial charge is 0.465 e. The van der Waals surface area contributed by atoms with E-state index in [-0.39, 0.29) is 19.8 Å². The molecule has 2 amide bonds. The first-order valence-electron chi connectivity index (χ1n) is 10.7. The van der Waals surface area contributed by atoms with Gasteiger partial charge in [0.05, 0.1) is 26.2 Å². The molecule has 0 aliphatic rings. The average Bonchev–Trinajstić information content (AvgIpc) is 2.80. The maximum atomic E-state index is 12.7. The van der Waals surface area contributed by atoms with Crippen LogP contribution in [0.3, 0.4) is 0 Å². The Bertz CT molecular complexity index is 835. The molecule has 0 saturated heterocycles. The highest BCUT2D eigenvalue weighted by Gasteiger charge is 2.33. The van der Waals surface area contributed by atoms with E-state index in [1.807, 2.05) is 0 Å². The van der Waals surface area contributed by atoms with Crippen LogP contribution in [0.4, 0.5) is 11.4 Å². The van der Waals surface area contributed by atoms with Crippen LogP contribution in [0, 0.1) is 11.8 Å². The molecule has 0 radical (unpaired) electrons. The van der Waals surface area contributed by atoms with Crippen molar-refractivity contribution in [1.82, 2.24) is 0 Å². The van der Waals surface area contributed by atoms with E-state index in [0.717, 1.165) is 0 Å². The van der Waals surface area contributed by atoms with Gasteiger partial charge in [-0.3, -0.25) is 24.0 Å². The van der Waals surface area contributed by atoms with Gasteiger partial charge in [0.1, 0.15) is 5.92 Å². The summed E-state index contributed by atoms with van der Waals surface area (Å²) in [6.45, 7) is 6.67. The summed E-state index contributed by atoms with van der Waals surface area (Å²) in [7, 11) is 3.04. The zero-order chi connectivity index (χ0) is 25.1. The molecule has 10 nitrogen and oxygen atoms in total. The lowest BCUT2D eigenvalue weighted by molar-refractivity contribution is -0.163. The molecule has 33 heavy (non-hydrogen) atoms. The molecule has 1 unspecified atom stereocenters. The SMILES string of the molecule is CCOC(=O)C(C)C(=O)N(C)c1ccc(N(C)C(=O)CC(C(=O)OCC)C(=O)OCC)cc1. The van der Waals surface area contributed by atoms with Crippen LogP contribution in [0.2, 0.25) is 0 Å². The summed E-state index contributed by atoms with van der Waals surface area (Å²) in [5.41, 5.74) is 0.992. The number of rotatable bonds is 11. The predicted octanol–water partition coefficient (Wildman–Crippen LogP) is 1.94. The Hall–Kier alpha value is -3.43. The normalized spacial score (nSPS) is 11.4. The lowest BCUT2D eigenvalue weighted by Crippen LogP contribution is -2.36. The molecule has 1 aromatic carbocycles. The first-order valence-corrected chi connectivity index (χ1v) is 10.7. The molecule has 0 heterocycles. The molecule has 0 saturated carbocycles. The van der Waals surface area contributed by atoms with Gasteiger partial charge < -0.3 is 24.0 Å². The summed E-state index contributed by atoms with van der Waals surface area (Å²) >= 11 is 0. The van der Waals surface area contributed by atoms with Crippen molar-refractivity contribution in [3.8, 4) is 0 Å². The molecular weight excluding hydrogens is 432 g/mol. The number of hydrogen-bond acceptors (Lipinski definition) is 8. The van der Waals surface area contributed by atoms with Crippen molar-refractivity contribution in [2.45, 2.75) is 34.1 Å². The van der Waals surface area contributed by atoms with Gasteiger partial charge in [0.2, 0.25) is 11.8 Å². The second-order valence-corrected chi connectivity index (χ2v) is 7.10. The number of ether oxygens (including phenoxy) is 3. The summed E-state index contributed by atoms with van der Waals surface area (Å²) in [5.74, 6) is -5.47. The van der Waals surface area contributed by atoms with E-state index >= 15 is 0 Å². The smallest absolute Gasteiger partial charge is 0.320 e. The van der Waals surface area contributed by atoms with E-state index in [9.17, 15) is 24.0 Å². The minimum Gasteiger partial charge on any atom is -0.465 e. The van der Waals surface area contributed by atoms with Crippen LogP contribution in [-0.2, 0) is 38.2 Å². The molecule has 0 aliphatic heterocycles. The van der Waals surface area contributed by atoms with E-state index in [2.05, 4.69) is 0 Å².